The number of aliphatic imine (C=N–C) groups is 1. The highest BCUT2D eigenvalue weighted by Gasteiger charge is 2.24. The van der Waals surface area contributed by atoms with Crippen LogP contribution in [0.15, 0.2) is 52.4 Å². The van der Waals surface area contributed by atoms with Crippen LogP contribution < -0.4 is 5.32 Å². The number of methoxy groups -OCH3 is 1. The number of hydrogen-bond donors (Lipinski definition) is 1. The van der Waals surface area contributed by atoms with E-state index in [4.69, 9.17) is 11.6 Å². The molecule has 0 bridgehead atoms. The van der Waals surface area contributed by atoms with Gasteiger partial charge in [0.15, 0.2) is 5.17 Å². The Hall–Kier alpha value is -2.57. The van der Waals surface area contributed by atoms with Crippen LogP contribution in [0, 0.1) is 6.92 Å². The summed E-state index contributed by atoms with van der Waals surface area (Å²) >= 11 is 7.36. The molecule has 1 N–H and O–H groups in total. The Kier molecular flexibility index (Phi) is 5.44. The lowest BCUT2D eigenvalue weighted by atomic mass is 10.1. The monoisotopic (exact) mass is 386 g/mol. The van der Waals surface area contributed by atoms with E-state index >= 15 is 0 Å². The standard InChI is InChI=1S/C19H15ClN2O3S/c1-11-14(20)4-3-5-15(11)21-19-22-17(23)16(26-19)10-12-6-8-13(9-7-12)18(24)25-2/h3-10H,1-2H3,(H,21,22,23). The Labute approximate surface area is 160 Å². The smallest absolute Gasteiger partial charge is 0.337 e. The first-order valence-corrected chi connectivity index (χ1v) is 8.90. The van der Waals surface area contributed by atoms with Gasteiger partial charge in [-0.1, -0.05) is 29.8 Å². The number of ether oxygens (including phenoxy) is 1. The van der Waals surface area contributed by atoms with Gasteiger partial charge in [-0.15, -0.1) is 0 Å². The summed E-state index contributed by atoms with van der Waals surface area (Å²) in [6.07, 6.45) is 1.74. The number of hydrogen-bond acceptors (Lipinski definition) is 5. The van der Waals surface area contributed by atoms with Crippen molar-refractivity contribution in [3.8, 4) is 0 Å². The fraction of sp³-hybridized carbons (Fsp3) is 0.105. The molecule has 0 aromatic heterocycles. The first-order valence-electron chi connectivity index (χ1n) is 7.71. The van der Waals surface area contributed by atoms with Crippen molar-refractivity contribution in [3.63, 3.8) is 0 Å². The minimum absolute atomic E-state index is 0.217. The highest BCUT2D eigenvalue weighted by molar-refractivity contribution is 8.18. The SMILES string of the molecule is COC(=O)c1ccc(C=C2SC(=Nc3cccc(Cl)c3C)NC2=O)cc1. The first-order chi connectivity index (χ1) is 12.5. The molecule has 0 unspecified atom stereocenters. The number of nitrogens with one attached hydrogen (secondary N) is 1. The molecular weight excluding hydrogens is 372 g/mol. The molecule has 0 radical (unpaired) electrons. The molecule has 0 spiro atoms. The molecule has 1 saturated heterocycles. The number of thioether (sulfide) groups is 1. The summed E-state index contributed by atoms with van der Waals surface area (Å²) in [6.45, 7) is 1.88. The number of amidine groups is 1. The number of benzene rings is 2. The molecule has 1 aliphatic rings. The van der Waals surface area contributed by atoms with E-state index in [9.17, 15) is 9.59 Å². The zero-order chi connectivity index (χ0) is 18.7. The van der Waals surface area contributed by atoms with Gasteiger partial charge in [0.1, 0.15) is 0 Å². The number of rotatable bonds is 3. The van der Waals surface area contributed by atoms with Crippen LogP contribution in [0.3, 0.4) is 0 Å². The Bertz CT molecular complexity index is 936. The van der Waals surface area contributed by atoms with E-state index in [1.54, 1.807) is 36.4 Å². The normalized spacial score (nSPS) is 16.8. The van der Waals surface area contributed by atoms with E-state index in [2.05, 4.69) is 15.0 Å². The summed E-state index contributed by atoms with van der Waals surface area (Å²) in [5, 5.41) is 3.87. The quantitative estimate of drug-likeness (QED) is 0.629. The molecule has 26 heavy (non-hydrogen) atoms. The number of halogens is 1. The van der Waals surface area contributed by atoms with E-state index in [0.717, 1.165) is 11.1 Å². The van der Waals surface area contributed by atoms with Crippen LogP contribution in [0.1, 0.15) is 21.5 Å². The summed E-state index contributed by atoms with van der Waals surface area (Å²) in [4.78, 5) is 28.6. The lowest BCUT2D eigenvalue weighted by Gasteiger charge is -2.02. The van der Waals surface area contributed by atoms with Crippen LogP contribution in [0.2, 0.25) is 5.02 Å². The average Bonchev–Trinajstić information content (AvgIpc) is 2.98. The Morgan fingerprint density at radius 1 is 1.23 bits per heavy atom. The highest BCUT2D eigenvalue weighted by Crippen LogP contribution is 2.31. The molecule has 132 valence electrons. The third kappa shape index (κ3) is 3.98. The fourth-order valence-electron chi connectivity index (χ4n) is 2.29. The summed E-state index contributed by atoms with van der Waals surface area (Å²) in [6, 6.07) is 12.3. The maximum atomic E-state index is 12.2. The molecule has 1 fully saturated rings. The molecule has 1 amide bonds. The van der Waals surface area contributed by atoms with E-state index in [1.165, 1.54) is 18.9 Å². The Morgan fingerprint density at radius 2 is 1.96 bits per heavy atom. The average molecular weight is 387 g/mol. The zero-order valence-electron chi connectivity index (χ0n) is 14.1. The van der Waals surface area contributed by atoms with Crippen molar-refractivity contribution in [2.45, 2.75) is 6.92 Å². The number of amides is 1. The maximum absolute atomic E-state index is 12.2. The van der Waals surface area contributed by atoms with Crippen molar-refractivity contribution in [2.75, 3.05) is 7.11 Å². The lowest BCUT2D eigenvalue weighted by Crippen LogP contribution is -2.19. The second kappa shape index (κ2) is 7.76. The summed E-state index contributed by atoms with van der Waals surface area (Å²) < 4.78 is 4.67. The number of carbonyl (C=O) groups excluding carboxylic acids is 2. The number of esters is 1. The molecule has 0 aliphatic carbocycles. The predicted molar refractivity (Wildman–Crippen MR) is 105 cm³/mol. The molecule has 5 nitrogen and oxygen atoms in total. The van der Waals surface area contributed by atoms with Crippen LogP contribution in [-0.4, -0.2) is 24.2 Å². The van der Waals surface area contributed by atoms with Crippen molar-refractivity contribution in [3.05, 3.63) is 69.1 Å². The van der Waals surface area contributed by atoms with Crippen LogP contribution in [0.4, 0.5) is 5.69 Å². The van der Waals surface area contributed by atoms with Gasteiger partial charge in [0.25, 0.3) is 5.91 Å². The van der Waals surface area contributed by atoms with Crippen molar-refractivity contribution in [1.82, 2.24) is 5.32 Å². The largest absolute Gasteiger partial charge is 0.465 e. The summed E-state index contributed by atoms with van der Waals surface area (Å²) in [5.74, 6) is -0.617. The molecule has 1 aliphatic heterocycles. The van der Waals surface area contributed by atoms with Gasteiger partial charge in [0, 0.05) is 5.02 Å². The van der Waals surface area contributed by atoms with Crippen LogP contribution >= 0.6 is 23.4 Å². The number of nitrogens with zero attached hydrogens (tertiary/aromatic N) is 1. The van der Waals surface area contributed by atoms with Crippen LogP contribution in [0.25, 0.3) is 6.08 Å². The van der Waals surface area contributed by atoms with E-state index in [-0.39, 0.29) is 5.91 Å². The molecule has 2 aromatic carbocycles. The van der Waals surface area contributed by atoms with Gasteiger partial charge in [-0.05, 0) is 60.2 Å². The van der Waals surface area contributed by atoms with Gasteiger partial charge >= 0.3 is 5.97 Å². The lowest BCUT2D eigenvalue weighted by molar-refractivity contribution is -0.115. The first kappa shape index (κ1) is 18.2. The van der Waals surface area contributed by atoms with Crippen molar-refractivity contribution in [2.24, 2.45) is 4.99 Å². The van der Waals surface area contributed by atoms with Gasteiger partial charge in [0.05, 0.1) is 23.3 Å². The van der Waals surface area contributed by atoms with E-state index in [0.29, 0.717) is 26.3 Å². The van der Waals surface area contributed by atoms with Gasteiger partial charge in [0.2, 0.25) is 0 Å². The highest BCUT2D eigenvalue weighted by atomic mass is 35.5. The minimum Gasteiger partial charge on any atom is -0.465 e. The van der Waals surface area contributed by atoms with Gasteiger partial charge in [-0.25, -0.2) is 9.79 Å². The number of carbonyl (C=O) groups is 2. The van der Waals surface area contributed by atoms with Gasteiger partial charge < -0.3 is 10.1 Å². The summed E-state index contributed by atoms with van der Waals surface area (Å²) in [7, 11) is 1.33. The molecule has 0 saturated carbocycles. The van der Waals surface area contributed by atoms with Crippen LogP contribution in [0.5, 0.6) is 0 Å². The van der Waals surface area contributed by atoms with Crippen molar-refractivity contribution < 1.29 is 14.3 Å². The summed E-state index contributed by atoms with van der Waals surface area (Å²) in [5.41, 5.74) is 2.82. The van der Waals surface area contributed by atoms with Crippen molar-refractivity contribution >= 4 is 52.2 Å². The Morgan fingerprint density at radius 3 is 2.65 bits per heavy atom. The Balaban J connectivity index is 1.81. The predicted octanol–water partition coefficient (Wildman–Crippen LogP) is 4.33. The third-order valence-electron chi connectivity index (χ3n) is 3.74. The minimum atomic E-state index is -0.400. The molecule has 1 heterocycles. The third-order valence-corrected chi connectivity index (χ3v) is 5.06. The second-order valence-electron chi connectivity index (χ2n) is 5.48. The van der Waals surface area contributed by atoms with Gasteiger partial charge in [-0.2, -0.15) is 0 Å². The second-order valence-corrected chi connectivity index (χ2v) is 6.92. The van der Waals surface area contributed by atoms with E-state index < -0.39 is 5.97 Å². The van der Waals surface area contributed by atoms with Crippen LogP contribution in [-0.2, 0) is 9.53 Å². The topological polar surface area (TPSA) is 67.8 Å². The molecule has 2 aromatic rings. The fourth-order valence-corrected chi connectivity index (χ4v) is 3.30. The maximum Gasteiger partial charge on any atom is 0.337 e. The van der Waals surface area contributed by atoms with Crippen molar-refractivity contribution in [1.29, 1.82) is 0 Å². The molecule has 7 heteroatoms. The van der Waals surface area contributed by atoms with E-state index in [1.807, 2.05) is 19.1 Å². The zero-order valence-corrected chi connectivity index (χ0v) is 15.6. The van der Waals surface area contributed by atoms with Gasteiger partial charge in [-0.3, -0.25) is 4.79 Å². The molecule has 0 atom stereocenters. The molecule has 3 rings (SSSR count). The molecular formula is C19H15ClN2O3S.